The van der Waals surface area contributed by atoms with E-state index in [1.807, 2.05) is 24.3 Å². The summed E-state index contributed by atoms with van der Waals surface area (Å²) in [6.07, 6.45) is 8.57. The van der Waals surface area contributed by atoms with Gasteiger partial charge >= 0.3 is 0 Å². The van der Waals surface area contributed by atoms with Gasteiger partial charge in [0.15, 0.2) is 0 Å². The maximum atomic E-state index is 12.3. The van der Waals surface area contributed by atoms with E-state index in [4.69, 9.17) is 4.99 Å². The van der Waals surface area contributed by atoms with Crippen LogP contribution in [0.5, 0.6) is 0 Å². The number of hydrogen-bond acceptors (Lipinski definition) is 2. The predicted molar refractivity (Wildman–Crippen MR) is 142 cm³/mol. The molecule has 0 N–H and O–H groups in total. The minimum atomic E-state index is 0.0186. The van der Waals surface area contributed by atoms with Gasteiger partial charge in [-0.1, -0.05) is 50.3 Å². The summed E-state index contributed by atoms with van der Waals surface area (Å²) < 4.78 is 2.29. The van der Waals surface area contributed by atoms with Crippen LogP contribution < -0.4 is 0 Å². The van der Waals surface area contributed by atoms with Crippen LogP contribution in [0.1, 0.15) is 66.2 Å². The van der Waals surface area contributed by atoms with Crippen LogP contribution in [0.15, 0.2) is 71.7 Å². The number of nitrogens with zero attached hydrogens (tertiary/aromatic N) is 3. The third-order valence-corrected chi connectivity index (χ3v) is 6.57. The fourth-order valence-corrected chi connectivity index (χ4v) is 4.52. The van der Waals surface area contributed by atoms with Gasteiger partial charge in [-0.15, -0.1) is 0 Å². The van der Waals surface area contributed by atoms with Crippen molar-refractivity contribution >= 4 is 17.3 Å². The maximum absolute atomic E-state index is 12.3. The Kier molecular flexibility index (Phi) is 7.16. The van der Waals surface area contributed by atoms with E-state index in [9.17, 15) is 4.79 Å². The molecular weight excluding hydrogens is 418 g/mol. The standard InChI is InChI=1S/C30H35N3O/c1-21(2)24-11-10-12-25(19-24)31-27-13-8-6-7-9-14-28-26(27)20-29(33(28)5)22-15-17-23(18-16-22)30(34)32(3)4/h7,9-12,15-21H,6,8,13-14H2,1-5H3. The number of carbonyl (C=O) groups is 1. The molecular formula is C30H35N3O. The second-order valence-electron chi connectivity index (χ2n) is 9.60. The normalized spacial score (nSPS) is 15.1. The fourth-order valence-electron chi connectivity index (χ4n) is 4.52. The third kappa shape index (κ3) is 5.06. The average Bonchev–Trinajstić information content (AvgIpc) is 3.19. The number of fused-ring (bicyclic) bond motifs is 1. The smallest absolute Gasteiger partial charge is 0.253 e. The van der Waals surface area contributed by atoms with Gasteiger partial charge in [-0.2, -0.15) is 0 Å². The van der Waals surface area contributed by atoms with E-state index < -0.39 is 0 Å². The Morgan fingerprint density at radius 1 is 1.03 bits per heavy atom. The number of aromatic nitrogens is 1. The summed E-state index contributed by atoms with van der Waals surface area (Å²) in [5, 5.41) is 0. The maximum Gasteiger partial charge on any atom is 0.253 e. The average molecular weight is 454 g/mol. The number of aliphatic imine (C=N–C) groups is 1. The minimum Gasteiger partial charge on any atom is -0.347 e. The van der Waals surface area contributed by atoms with E-state index in [0.717, 1.165) is 48.3 Å². The largest absolute Gasteiger partial charge is 0.347 e. The van der Waals surface area contributed by atoms with E-state index in [1.165, 1.54) is 16.8 Å². The first kappa shape index (κ1) is 23.7. The Bertz CT molecular complexity index is 1230. The molecule has 2 aromatic carbocycles. The molecule has 3 aromatic rings. The molecule has 0 aliphatic heterocycles. The van der Waals surface area contributed by atoms with Crippen LogP contribution in [0.25, 0.3) is 11.3 Å². The van der Waals surface area contributed by atoms with Gasteiger partial charge in [0.2, 0.25) is 0 Å². The molecule has 0 saturated heterocycles. The van der Waals surface area contributed by atoms with Gasteiger partial charge in [-0.25, -0.2) is 0 Å². The van der Waals surface area contributed by atoms with Crippen molar-refractivity contribution in [2.75, 3.05) is 14.1 Å². The Morgan fingerprint density at radius 3 is 2.50 bits per heavy atom. The van der Waals surface area contributed by atoms with E-state index in [0.29, 0.717) is 11.5 Å². The lowest BCUT2D eigenvalue weighted by atomic mass is 10.0. The lowest BCUT2D eigenvalue weighted by Gasteiger charge is -2.11. The third-order valence-electron chi connectivity index (χ3n) is 6.57. The topological polar surface area (TPSA) is 37.6 Å². The zero-order valence-corrected chi connectivity index (χ0v) is 21.0. The van der Waals surface area contributed by atoms with Gasteiger partial charge in [0, 0.05) is 50.1 Å². The highest BCUT2D eigenvalue weighted by Crippen LogP contribution is 2.30. The summed E-state index contributed by atoms with van der Waals surface area (Å²) in [5.74, 6) is 0.497. The summed E-state index contributed by atoms with van der Waals surface area (Å²) >= 11 is 0. The molecule has 1 aliphatic rings. The Labute approximate surface area is 203 Å². The van der Waals surface area contributed by atoms with Crippen LogP contribution in [-0.4, -0.2) is 35.2 Å². The van der Waals surface area contributed by atoms with Crippen LogP contribution in [0.4, 0.5) is 5.69 Å². The molecule has 0 spiro atoms. The Morgan fingerprint density at radius 2 is 1.79 bits per heavy atom. The van der Waals surface area contributed by atoms with Gasteiger partial charge < -0.3 is 9.47 Å². The van der Waals surface area contributed by atoms with Gasteiger partial charge in [0.25, 0.3) is 5.91 Å². The summed E-state index contributed by atoms with van der Waals surface area (Å²) in [4.78, 5) is 19.1. The van der Waals surface area contributed by atoms with Crippen molar-refractivity contribution < 1.29 is 4.79 Å². The van der Waals surface area contributed by atoms with Crippen LogP contribution in [0, 0.1) is 0 Å². The number of benzene rings is 2. The highest BCUT2D eigenvalue weighted by molar-refractivity contribution is 6.04. The van der Waals surface area contributed by atoms with Crippen molar-refractivity contribution in [3.05, 3.63) is 89.1 Å². The second-order valence-corrected chi connectivity index (χ2v) is 9.60. The van der Waals surface area contributed by atoms with Crippen molar-refractivity contribution in [3.63, 3.8) is 0 Å². The Balaban J connectivity index is 1.78. The first-order chi connectivity index (χ1) is 16.3. The monoisotopic (exact) mass is 453 g/mol. The first-order valence-electron chi connectivity index (χ1n) is 12.2. The molecule has 1 amide bonds. The summed E-state index contributed by atoms with van der Waals surface area (Å²) in [7, 11) is 5.69. The molecule has 176 valence electrons. The van der Waals surface area contributed by atoms with Crippen molar-refractivity contribution in [1.82, 2.24) is 9.47 Å². The van der Waals surface area contributed by atoms with E-state index in [1.54, 1.807) is 19.0 Å². The lowest BCUT2D eigenvalue weighted by molar-refractivity contribution is 0.0827. The molecule has 0 radical (unpaired) electrons. The number of rotatable bonds is 4. The van der Waals surface area contributed by atoms with Crippen LogP contribution in [0.2, 0.25) is 0 Å². The fraction of sp³-hybridized carbons (Fsp3) is 0.333. The molecule has 0 atom stereocenters. The van der Waals surface area contributed by atoms with E-state index in [2.05, 4.69) is 67.9 Å². The SMILES string of the molecule is CC(C)c1cccc(N=C2CCCC=CCc3c2cc(-c2ccc(C(=O)N(C)C)cc2)n3C)c1. The highest BCUT2D eigenvalue weighted by atomic mass is 16.2. The number of amides is 1. The van der Waals surface area contributed by atoms with Crippen LogP contribution in [-0.2, 0) is 13.5 Å². The predicted octanol–water partition coefficient (Wildman–Crippen LogP) is 6.92. The minimum absolute atomic E-state index is 0.0186. The number of carbonyl (C=O) groups excluding carboxylic acids is 1. The molecule has 0 saturated carbocycles. The summed E-state index contributed by atoms with van der Waals surface area (Å²) in [5.41, 5.74) is 8.95. The number of allylic oxidation sites excluding steroid dienone is 2. The van der Waals surface area contributed by atoms with Crippen LogP contribution >= 0.6 is 0 Å². The second kappa shape index (κ2) is 10.3. The summed E-state index contributed by atoms with van der Waals surface area (Å²) in [6, 6.07) is 18.8. The molecule has 34 heavy (non-hydrogen) atoms. The van der Waals surface area contributed by atoms with Crippen molar-refractivity contribution in [1.29, 1.82) is 0 Å². The van der Waals surface area contributed by atoms with Gasteiger partial charge in [-0.3, -0.25) is 9.79 Å². The quantitative estimate of drug-likeness (QED) is 0.395. The molecule has 4 heteroatoms. The number of hydrogen-bond donors (Lipinski definition) is 0. The zero-order chi connectivity index (χ0) is 24.2. The van der Waals surface area contributed by atoms with E-state index >= 15 is 0 Å². The van der Waals surface area contributed by atoms with Crippen molar-refractivity contribution in [2.24, 2.45) is 12.0 Å². The lowest BCUT2D eigenvalue weighted by Crippen LogP contribution is -2.21. The molecule has 0 unspecified atom stereocenters. The molecule has 0 bridgehead atoms. The zero-order valence-electron chi connectivity index (χ0n) is 21.0. The molecule has 0 fully saturated rings. The van der Waals surface area contributed by atoms with Gasteiger partial charge in [-0.05, 0) is 66.6 Å². The molecule has 1 heterocycles. The van der Waals surface area contributed by atoms with Gasteiger partial charge in [0.05, 0.1) is 11.4 Å². The van der Waals surface area contributed by atoms with Gasteiger partial charge in [0.1, 0.15) is 0 Å². The van der Waals surface area contributed by atoms with Crippen molar-refractivity contribution in [2.45, 2.75) is 45.4 Å². The summed E-state index contributed by atoms with van der Waals surface area (Å²) in [6.45, 7) is 4.44. The first-order valence-corrected chi connectivity index (χ1v) is 12.2. The molecule has 4 nitrogen and oxygen atoms in total. The molecule has 1 aliphatic carbocycles. The highest BCUT2D eigenvalue weighted by Gasteiger charge is 2.19. The Hall–Kier alpha value is -3.40. The van der Waals surface area contributed by atoms with Crippen LogP contribution in [0.3, 0.4) is 0 Å². The van der Waals surface area contributed by atoms with Crippen molar-refractivity contribution in [3.8, 4) is 11.3 Å². The molecule has 1 aromatic heterocycles. The molecule has 4 rings (SSSR count). The van der Waals surface area contributed by atoms with E-state index in [-0.39, 0.29) is 5.91 Å².